The molecule has 0 aromatic heterocycles. The van der Waals surface area contributed by atoms with Crippen molar-refractivity contribution < 1.29 is 13.2 Å². The predicted molar refractivity (Wildman–Crippen MR) is 63.1 cm³/mol. The Morgan fingerprint density at radius 1 is 1.11 bits per heavy atom. The predicted octanol–water partition coefficient (Wildman–Crippen LogP) is 2.29. The van der Waals surface area contributed by atoms with E-state index in [-0.39, 0.29) is 11.1 Å². The highest BCUT2D eigenvalue weighted by Gasteiger charge is 2.41. The van der Waals surface area contributed by atoms with Crippen LogP contribution in [0, 0.1) is 22.9 Å². The first-order chi connectivity index (χ1) is 8.61. The van der Waals surface area contributed by atoms with Crippen molar-refractivity contribution in [2.24, 2.45) is 5.41 Å². The fourth-order valence-electron chi connectivity index (χ4n) is 3.04. The highest BCUT2D eigenvalue weighted by Crippen LogP contribution is 2.39. The van der Waals surface area contributed by atoms with Gasteiger partial charge in [0, 0.05) is 25.0 Å². The molecule has 1 aromatic carbocycles. The summed E-state index contributed by atoms with van der Waals surface area (Å²) in [5.41, 5.74) is 0.356. The molecule has 2 fully saturated rings. The molecule has 1 aromatic rings. The molecule has 98 valence electrons. The number of benzene rings is 1. The molecule has 2 saturated heterocycles. The van der Waals surface area contributed by atoms with Crippen LogP contribution in [0.5, 0.6) is 0 Å². The number of nitrogens with one attached hydrogen (secondary N) is 1. The molecule has 2 nitrogen and oxygen atoms in total. The van der Waals surface area contributed by atoms with E-state index in [1.165, 1.54) is 6.07 Å². The van der Waals surface area contributed by atoms with Gasteiger partial charge in [-0.05, 0) is 31.5 Å². The van der Waals surface area contributed by atoms with Crippen LogP contribution >= 0.6 is 0 Å². The van der Waals surface area contributed by atoms with E-state index in [1.54, 1.807) is 0 Å². The van der Waals surface area contributed by atoms with Crippen LogP contribution in [0.4, 0.5) is 18.9 Å². The van der Waals surface area contributed by atoms with Crippen LogP contribution in [0.2, 0.25) is 0 Å². The molecule has 0 saturated carbocycles. The summed E-state index contributed by atoms with van der Waals surface area (Å²) in [5.74, 6) is -3.58. The second-order valence-electron chi connectivity index (χ2n) is 5.29. The van der Waals surface area contributed by atoms with Gasteiger partial charge in [-0.25, -0.2) is 13.2 Å². The van der Waals surface area contributed by atoms with Gasteiger partial charge in [0.25, 0.3) is 0 Å². The van der Waals surface area contributed by atoms with Crippen molar-refractivity contribution in [3.05, 3.63) is 29.6 Å². The lowest BCUT2D eigenvalue weighted by Gasteiger charge is -2.24. The number of anilines is 1. The maximum Gasteiger partial charge on any atom is 0.196 e. The van der Waals surface area contributed by atoms with Crippen LogP contribution in [0.25, 0.3) is 0 Å². The summed E-state index contributed by atoms with van der Waals surface area (Å²) in [4.78, 5) is 1.82. The van der Waals surface area contributed by atoms with E-state index in [9.17, 15) is 13.2 Å². The average Bonchev–Trinajstić information content (AvgIpc) is 2.98. The lowest BCUT2D eigenvalue weighted by Crippen LogP contribution is -2.29. The minimum absolute atomic E-state index is 0.178. The second-order valence-corrected chi connectivity index (χ2v) is 5.29. The number of halogens is 3. The molecule has 1 atom stereocenters. The van der Waals surface area contributed by atoms with Gasteiger partial charge in [-0.1, -0.05) is 0 Å². The first-order valence-corrected chi connectivity index (χ1v) is 6.21. The van der Waals surface area contributed by atoms with E-state index >= 15 is 0 Å². The summed E-state index contributed by atoms with van der Waals surface area (Å²) < 4.78 is 39.8. The van der Waals surface area contributed by atoms with Crippen molar-refractivity contribution in [2.45, 2.75) is 12.8 Å². The third-order valence-electron chi connectivity index (χ3n) is 4.13. The number of hydrogen-bond donors (Lipinski definition) is 1. The zero-order chi connectivity index (χ0) is 12.8. The van der Waals surface area contributed by atoms with Gasteiger partial charge >= 0.3 is 0 Å². The molecule has 1 unspecified atom stereocenters. The molecule has 2 aliphatic rings. The standard InChI is InChI=1S/C13H15F3N2/c14-9-1-2-10(12(16)11(9)15)18-6-4-13(8-18)3-5-17-7-13/h1-2,17H,3-8H2. The first-order valence-electron chi connectivity index (χ1n) is 6.21. The van der Waals surface area contributed by atoms with E-state index in [0.29, 0.717) is 13.1 Å². The first kappa shape index (κ1) is 11.8. The Bertz CT molecular complexity index is 470. The molecular weight excluding hydrogens is 241 g/mol. The molecule has 2 aliphatic heterocycles. The fourth-order valence-corrected chi connectivity index (χ4v) is 3.04. The van der Waals surface area contributed by atoms with Gasteiger partial charge in [0.15, 0.2) is 17.5 Å². The maximum absolute atomic E-state index is 13.7. The highest BCUT2D eigenvalue weighted by atomic mass is 19.2. The Balaban J connectivity index is 1.86. The summed E-state index contributed by atoms with van der Waals surface area (Å²) in [6.07, 6.45) is 2.03. The van der Waals surface area contributed by atoms with Gasteiger partial charge in [0.1, 0.15) is 0 Å². The van der Waals surface area contributed by atoms with Crippen molar-refractivity contribution in [3.63, 3.8) is 0 Å². The lowest BCUT2D eigenvalue weighted by atomic mass is 9.86. The molecule has 0 amide bonds. The second kappa shape index (κ2) is 4.16. The number of rotatable bonds is 1. The molecule has 0 radical (unpaired) electrons. The summed E-state index contributed by atoms with van der Waals surface area (Å²) in [7, 11) is 0. The zero-order valence-electron chi connectivity index (χ0n) is 9.98. The number of hydrogen-bond acceptors (Lipinski definition) is 2. The molecule has 1 N–H and O–H groups in total. The molecule has 2 heterocycles. The fraction of sp³-hybridized carbons (Fsp3) is 0.538. The SMILES string of the molecule is Fc1ccc(N2CCC3(CCNC3)C2)c(F)c1F. The molecule has 18 heavy (non-hydrogen) atoms. The highest BCUT2D eigenvalue weighted by molar-refractivity contribution is 5.50. The van der Waals surface area contributed by atoms with Gasteiger partial charge in [-0.2, -0.15) is 0 Å². The molecule has 0 bridgehead atoms. The van der Waals surface area contributed by atoms with Crippen molar-refractivity contribution in [3.8, 4) is 0 Å². The van der Waals surface area contributed by atoms with Crippen LogP contribution in [0.1, 0.15) is 12.8 Å². The van der Waals surface area contributed by atoms with Gasteiger partial charge < -0.3 is 10.2 Å². The average molecular weight is 256 g/mol. The molecule has 3 rings (SSSR count). The minimum Gasteiger partial charge on any atom is -0.368 e. The zero-order valence-corrected chi connectivity index (χ0v) is 9.98. The Hall–Kier alpha value is -1.23. The lowest BCUT2D eigenvalue weighted by molar-refractivity contribution is 0.368. The minimum atomic E-state index is -1.38. The van der Waals surface area contributed by atoms with Crippen molar-refractivity contribution >= 4 is 5.69 Å². The van der Waals surface area contributed by atoms with E-state index in [2.05, 4.69) is 5.32 Å². The molecule has 5 heteroatoms. The largest absolute Gasteiger partial charge is 0.368 e. The van der Waals surface area contributed by atoms with E-state index < -0.39 is 17.5 Å². The van der Waals surface area contributed by atoms with Gasteiger partial charge in [-0.3, -0.25) is 0 Å². The third kappa shape index (κ3) is 1.77. The Morgan fingerprint density at radius 2 is 1.94 bits per heavy atom. The Morgan fingerprint density at radius 3 is 2.67 bits per heavy atom. The third-order valence-corrected chi connectivity index (χ3v) is 4.13. The smallest absolute Gasteiger partial charge is 0.196 e. The van der Waals surface area contributed by atoms with Crippen LogP contribution in [-0.2, 0) is 0 Å². The van der Waals surface area contributed by atoms with Crippen LogP contribution in [0.3, 0.4) is 0 Å². The topological polar surface area (TPSA) is 15.3 Å². The van der Waals surface area contributed by atoms with Crippen molar-refractivity contribution in [2.75, 3.05) is 31.1 Å². The normalized spacial score (nSPS) is 27.4. The van der Waals surface area contributed by atoms with E-state index in [4.69, 9.17) is 0 Å². The van der Waals surface area contributed by atoms with E-state index in [1.807, 2.05) is 4.90 Å². The quantitative estimate of drug-likeness (QED) is 0.776. The summed E-state index contributed by atoms with van der Waals surface area (Å²) >= 11 is 0. The summed E-state index contributed by atoms with van der Waals surface area (Å²) in [6.45, 7) is 3.31. The van der Waals surface area contributed by atoms with Crippen LogP contribution in [-0.4, -0.2) is 26.2 Å². The van der Waals surface area contributed by atoms with E-state index in [0.717, 1.165) is 32.0 Å². The van der Waals surface area contributed by atoms with Gasteiger partial charge in [-0.15, -0.1) is 0 Å². The molecule has 1 spiro atoms. The molecular formula is C13H15F3N2. The summed E-state index contributed by atoms with van der Waals surface area (Å²) in [5, 5.41) is 3.31. The van der Waals surface area contributed by atoms with Crippen LogP contribution in [0.15, 0.2) is 12.1 Å². The van der Waals surface area contributed by atoms with Crippen LogP contribution < -0.4 is 10.2 Å². The van der Waals surface area contributed by atoms with Crippen molar-refractivity contribution in [1.29, 1.82) is 0 Å². The monoisotopic (exact) mass is 256 g/mol. The summed E-state index contributed by atoms with van der Waals surface area (Å²) in [6, 6.07) is 2.32. The Kier molecular flexibility index (Phi) is 2.73. The maximum atomic E-state index is 13.7. The van der Waals surface area contributed by atoms with Crippen molar-refractivity contribution in [1.82, 2.24) is 5.32 Å². The van der Waals surface area contributed by atoms with Gasteiger partial charge in [0.05, 0.1) is 5.69 Å². The molecule has 0 aliphatic carbocycles. The van der Waals surface area contributed by atoms with Gasteiger partial charge in [0.2, 0.25) is 0 Å². The number of nitrogens with zero attached hydrogens (tertiary/aromatic N) is 1. The Labute approximate surface area is 104 Å².